The van der Waals surface area contributed by atoms with Gasteiger partial charge in [-0.25, -0.2) is 0 Å². The van der Waals surface area contributed by atoms with Gasteiger partial charge in [0.15, 0.2) is 0 Å². The van der Waals surface area contributed by atoms with E-state index in [1.807, 2.05) is 0 Å². The van der Waals surface area contributed by atoms with Crippen molar-refractivity contribution in [3.05, 3.63) is 77.4 Å². The first-order chi connectivity index (χ1) is 11.2. The molecule has 1 nitrogen and oxygen atoms in total. The maximum absolute atomic E-state index is 2.41. The van der Waals surface area contributed by atoms with Gasteiger partial charge in [0.2, 0.25) is 0 Å². The molecule has 0 aliphatic heterocycles. The molecule has 0 spiro atoms. The van der Waals surface area contributed by atoms with Gasteiger partial charge in [0.05, 0.1) is 11.0 Å². The van der Waals surface area contributed by atoms with Crippen LogP contribution in [0.2, 0.25) is 0 Å². The Hall–Kier alpha value is -2.54. The minimum absolute atomic E-state index is 0.568. The zero-order valence-electron chi connectivity index (χ0n) is 13.5. The van der Waals surface area contributed by atoms with Crippen molar-refractivity contribution in [1.82, 2.24) is 4.57 Å². The summed E-state index contributed by atoms with van der Waals surface area (Å²) >= 11 is 0. The summed E-state index contributed by atoms with van der Waals surface area (Å²) in [6.07, 6.45) is 1.16. The molecule has 0 radical (unpaired) electrons. The van der Waals surface area contributed by atoms with Crippen LogP contribution in [0, 0.1) is 0 Å². The monoisotopic (exact) mass is 297 g/mol. The number of rotatable bonds is 2. The minimum Gasteiger partial charge on any atom is -0.309 e. The molecule has 1 aliphatic carbocycles. The number of nitrogens with zero attached hydrogens (tertiary/aromatic N) is 1. The largest absolute Gasteiger partial charge is 0.309 e. The molecule has 4 aromatic rings. The van der Waals surface area contributed by atoms with Gasteiger partial charge in [-0.15, -0.1) is 0 Å². The highest BCUT2D eigenvalue weighted by molar-refractivity contribution is 6.12. The van der Waals surface area contributed by atoms with E-state index in [1.165, 1.54) is 44.2 Å². The second-order valence-corrected chi connectivity index (χ2v) is 6.87. The van der Waals surface area contributed by atoms with Crippen molar-refractivity contribution in [2.45, 2.75) is 26.2 Å². The fraction of sp³-hybridized carbons (Fsp3) is 0.182. The van der Waals surface area contributed by atoms with Crippen molar-refractivity contribution < 1.29 is 0 Å². The summed E-state index contributed by atoms with van der Waals surface area (Å²) in [5.74, 6) is 0.568. The second kappa shape index (κ2) is 4.48. The lowest BCUT2D eigenvalue weighted by Crippen LogP contribution is -1.95. The van der Waals surface area contributed by atoms with Crippen LogP contribution in [0.5, 0.6) is 0 Å². The van der Waals surface area contributed by atoms with Gasteiger partial charge in [0.25, 0.3) is 0 Å². The summed E-state index contributed by atoms with van der Waals surface area (Å²) < 4.78 is 2.41. The van der Waals surface area contributed by atoms with E-state index in [4.69, 9.17) is 0 Å². The van der Waals surface area contributed by atoms with Crippen molar-refractivity contribution in [3.63, 3.8) is 0 Å². The van der Waals surface area contributed by atoms with E-state index in [9.17, 15) is 0 Å². The Balaban J connectivity index is 1.85. The molecule has 0 saturated heterocycles. The number of para-hydroxylation sites is 1. The van der Waals surface area contributed by atoms with Gasteiger partial charge >= 0.3 is 0 Å². The minimum atomic E-state index is 0.568. The molecule has 112 valence electrons. The Bertz CT molecular complexity index is 1050. The first kappa shape index (κ1) is 13.0. The lowest BCUT2D eigenvalue weighted by atomic mass is 10.0. The molecule has 0 amide bonds. The Morgan fingerprint density at radius 2 is 1.61 bits per heavy atom. The SMILES string of the molecule is CC(C)c1ccc(-n2c3ccccc3c3c4c(ccc32)C4)cc1. The third-order valence-electron chi connectivity index (χ3n) is 5.10. The molecule has 0 fully saturated rings. The summed E-state index contributed by atoms with van der Waals surface area (Å²) in [5, 5.41) is 2.83. The summed E-state index contributed by atoms with van der Waals surface area (Å²) in [5.41, 5.74) is 8.33. The third kappa shape index (κ3) is 1.80. The number of benzene rings is 3. The van der Waals surface area contributed by atoms with Crippen molar-refractivity contribution in [2.75, 3.05) is 0 Å². The Morgan fingerprint density at radius 3 is 2.39 bits per heavy atom. The molecular weight excluding hydrogens is 278 g/mol. The van der Waals surface area contributed by atoms with Gasteiger partial charge < -0.3 is 4.57 Å². The maximum atomic E-state index is 2.41. The van der Waals surface area contributed by atoms with E-state index < -0.39 is 0 Å². The van der Waals surface area contributed by atoms with Crippen molar-refractivity contribution in [3.8, 4) is 5.69 Å². The molecule has 5 rings (SSSR count). The summed E-state index contributed by atoms with van der Waals surface area (Å²) in [6.45, 7) is 4.48. The van der Waals surface area contributed by atoms with Gasteiger partial charge in [-0.05, 0) is 53.3 Å². The molecule has 0 saturated carbocycles. The van der Waals surface area contributed by atoms with Crippen LogP contribution in [-0.2, 0) is 6.42 Å². The highest BCUT2D eigenvalue weighted by Crippen LogP contribution is 2.42. The first-order valence-corrected chi connectivity index (χ1v) is 8.38. The van der Waals surface area contributed by atoms with E-state index >= 15 is 0 Å². The Labute approximate surface area is 136 Å². The fourth-order valence-electron chi connectivity index (χ4n) is 3.76. The predicted octanol–water partition coefficient (Wildman–Crippen LogP) is 5.81. The van der Waals surface area contributed by atoms with Crippen LogP contribution in [0.25, 0.3) is 27.5 Å². The quantitative estimate of drug-likeness (QED) is 0.387. The van der Waals surface area contributed by atoms with E-state index in [2.05, 4.69) is 79.1 Å². The topological polar surface area (TPSA) is 4.93 Å². The zero-order chi connectivity index (χ0) is 15.6. The average molecular weight is 297 g/mol. The van der Waals surface area contributed by atoms with Gasteiger partial charge in [-0.1, -0.05) is 50.2 Å². The first-order valence-electron chi connectivity index (χ1n) is 8.38. The predicted molar refractivity (Wildman–Crippen MR) is 97.7 cm³/mol. The van der Waals surface area contributed by atoms with Crippen LogP contribution in [0.15, 0.2) is 60.7 Å². The molecule has 1 heterocycles. The summed E-state index contributed by atoms with van der Waals surface area (Å²) in [4.78, 5) is 0. The Morgan fingerprint density at radius 1 is 0.826 bits per heavy atom. The van der Waals surface area contributed by atoms with E-state index in [0.29, 0.717) is 5.92 Å². The molecule has 3 aromatic carbocycles. The molecule has 0 N–H and O–H groups in total. The van der Waals surface area contributed by atoms with Crippen molar-refractivity contribution in [1.29, 1.82) is 0 Å². The normalized spacial score (nSPS) is 13.0. The Kier molecular flexibility index (Phi) is 2.52. The van der Waals surface area contributed by atoms with Gasteiger partial charge in [-0.2, -0.15) is 0 Å². The third-order valence-corrected chi connectivity index (χ3v) is 5.10. The average Bonchev–Trinajstić information content (AvgIpc) is 3.29. The lowest BCUT2D eigenvalue weighted by molar-refractivity contribution is 0.866. The number of hydrogen-bond donors (Lipinski definition) is 0. The molecule has 23 heavy (non-hydrogen) atoms. The number of hydrogen-bond acceptors (Lipinski definition) is 0. The molecule has 1 heteroatoms. The van der Waals surface area contributed by atoms with Crippen molar-refractivity contribution in [2.24, 2.45) is 0 Å². The lowest BCUT2D eigenvalue weighted by Gasteiger charge is -2.10. The van der Waals surface area contributed by atoms with Gasteiger partial charge in [0, 0.05) is 16.5 Å². The number of fused-ring (bicyclic) bond motifs is 5. The molecular formula is C22H19N. The number of aromatic nitrogens is 1. The zero-order valence-corrected chi connectivity index (χ0v) is 13.5. The van der Waals surface area contributed by atoms with Crippen molar-refractivity contribution >= 4 is 21.8 Å². The fourth-order valence-corrected chi connectivity index (χ4v) is 3.76. The van der Waals surface area contributed by atoms with E-state index in [1.54, 1.807) is 0 Å². The van der Waals surface area contributed by atoms with Crippen LogP contribution in [0.3, 0.4) is 0 Å². The summed E-state index contributed by atoms with van der Waals surface area (Å²) in [7, 11) is 0. The standard InChI is InChI=1S/C22H19N/c1-14(2)15-7-10-17(11-8-15)23-20-6-4-3-5-18(20)22-19-13-16(19)9-12-21(22)23/h3-12,14H,13H2,1-2H3. The molecule has 0 atom stereocenters. The summed E-state index contributed by atoms with van der Waals surface area (Å²) in [6, 6.07) is 22.4. The highest BCUT2D eigenvalue weighted by atomic mass is 15.0. The molecule has 1 aromatic heterocycles. The van der Waals surface area contributed by atoms with E-state index in [-0.39, 0.29) is 0 Å². The molecule has 0 bridgehead atoms. The highest BCUT2D eigenvalue weighted by Gasteiger charge is 2.24. The second-order valence-electron chi connectivity index (χ2n) is 6.87. The van der Waals surface area contributed by atoms with E-state index in [0.717, 1.165) is 6.42 Å². The molecule has 0 unspecified atom stereocenters. The van der Waals surface area contributed by atoms with Crippen LogP contribution in [0.4, 0.5) is 0 Å². The maximum Gasteiger partial charge on any atom is 0.0544 e. The van der Waals surface area contributed by atoms with Gasteiger partial charge in [0.1, 0.15) is 0 Å². The smallest absolute Gasteiger partial charge is 0.0544 e. The van der Waals surface area contributed by atoms with Crippen LogP contribution >= 0.6 is 0 Å². The van der Waals surface area contributed by atoms with Crippen LogP contribution < -0.4 is 0 Å². The molecule has 1 aliphatic rings. The van der Waals surface area contributed by atoms with Crippen LogP contribution in [0.1, 0.15) is 36.5 Å². The van der Waals surface area contributed by atoms with Crippen LogP contribution in [-0.4, -0.2) is 4.57 Å². The van der Waals surface area contributed by atoms with Gasteiger partial charge in [-0.3, -0.25) is 0 Å².